The highest BCUT2D eigenvalue weighted by Gasteiger charge is 2.17. The van der Waals surface area contributed by atoms with Crippen molar-refractivity contribution in [3.05, 3.63) is 18.3 Å². The summed E-state index contributed by atoms with van der Waals surface area (Å²) in [6.45, 7) is 10.6. The first kappa shape index (κ1) is 12.2. The van der Waals surface area contributed by atoms with E-state index in [-0.39, 0.29) is 0 Å². The molecule has 4 heteroatoms. The lowest BCUT2D eigenvalue weighted by Crippen LogP contribution is -2.44. The number of hydrogen-bond acceptors (Lipinski definition) is 4. The van der Waals surface area contributed by atoms with Crippen molar-refractivity contribution >= 4 is 11.5 Å². The number of anilines is 2. The summed E-state index contributed by atoms with van der Waals surface area (Å²) < 4.78 is 0. The topological polar surface area (TPSA) is 31.4 Å². The van der Waals surface area contributed by atoms with E-state index in [4.69, 9.17) is 0 Å². The lowest BCUT2D eigenvalue weighted by atomic mass is 10.2. The SMILES string of the molecule is CCN(CC)c1cccnc1N1CCNCC1. The Hall–Kier alpha value is -1.29. The average molecular weight is 234 g/mol. The van der Waals surface area contributed by atoms with Gasteiger partial charge >= 0.3 is 0 Å². The fourth-order valence-corrected chi connectivity index (χ4v) is 2.32. The summed E-state index contributed by atoms with van der Waals surface area (Å²) in [5.74, 6) is 1.14. The van der Waals surface area contributed by atoms with E-state index in [9.17, 15) is 0 Å². The molecule has 0 amide bonds. The van der Waals surface area contributed by atoms with Gasteiger partial charge in [-0.1, -0.05) is 0 Å². The van der Waals surface area contributed by atoms with Crippen LogP contribution in [-0.4, -0.2) is 44.3 Å². The van der Waals surface area contributed by atoms with Crippen LogP contribution in [0.5, 0.6) is 0 Å². The Morgan fingerprint density at radius 3 is 2.65 bits per heavy atom. The molecule has 4 nitrogen and oxygen atoms in total. The van der Waals surface area contributed by atoms with E-state index < -0.39 is 0 Å². The highest BCUT2D eigenvalue weighted by Crippen LogP contribution is 2.26. The molecule has 1 aliphatic heterocycles. The molecule has 0 saturated carbocycles. The predicted molar refractivity (Wildman–Crippen MR) is 72.9 cm³/mol. The third-order valence-corrected chi connectivity index (χ3v) is 3.29. The maximum atomic E-state index is 4.58. The van der Waals surface area contributed by atoms with Crippen molar-refractivity contribution < 1.29 is 0 Å². The molecule has 1 fully saturated rings. The summed E-state index contributed by atoms with van der Waals surface area (Å²) in [6, 6.07) is 4.21. The molecule has 17 heavy (non-hydrogen) atoms. The lowest BCUT2D eigenvalue weighted by Gasteiger charge is -2.32. The largest absolute Gasteiger partial charge is 0.369 e. The minimum atomic E-state index is 1.03. The van der Waals surface area contributed by atoms with Crippen LogP contribution in [0.4, 0.5) is 11.5 Å². The van der Waals surface area contributed by atoms with Crippen LogP contribution < -0.4 is 15.1 Å². The molecule has 0 bridgehead atoms. The second-order valence-corrected chi connectivity index (χ2v) is 4.26. The third-order valence-electron chi connectivity index (χ3n) is 3.29. The average Bonchev–Trinajstić information content (AvgIpc) is 2.42. The van der Waals surface area contributed by atoms with Gasteiger partial charge in [-0.2, -0.15) is 0 Å². The quantitative estimate of drug-likeness (QED) is 0.852. The van der Waals surface area contributed by atoms with Gasteiger partial charge in [0.2, 0.25) is 0 Å². The Balaban J connectivity index is 2.25. The van der Waals surface area contributed by atoms with Crippen molar-refractivity contribution in [3.63, 3.8) is 0 Å². The van der Waals surface area contributed by atoms with E-state index in [1.54, 1.807) is 0 Å². The summed E-state index contributed by atoms with van der Waals surface area (Å²) in [5, 5.41) is 3.38. The van der Waals surface area contributed by atoms with Crippen LogP contribution in [0.1, 0.15) is 13.8 Å². The Morgan fingerprint density at radius 1 is 1.29 bits per heavy atom. The smallest absolute Gasteiger partial charge is 0.152 e. The van der Waals surface area contributed by atoms with Gasteiger partial charge in [-0.05, 0) is 26.0 Å². The van der Waals surface area contributed by atoms with E-state index in [0.717, 1.165) is 45.1 Å². The van der Waals surface area contributed by atoms with Crippen molar-refractivity contribution in [3.8, 4) is 0 Å². The molecule has 1 aromatic rings. The van der Waals surface area contributed by atoms with Gasteiger partial charge in [-0.15, -0.1) is 0 Å². The summed E-state index contributed by atoms with van der Waals surface area (Å²) in [6.07, 6.45) is 1.89. The second-order valence-electron chi connectivity index (χ2n) is 4.26. The van der Waals surface area contributed by atoms with Crippen LogP contribution in [-0.2, 0) is 0 Å². The molecule has 0 aromatic carbocycles. The van der Waals surface area contributed by atoms with Crippen LogP contribution in [0.3, 0.4) is 0 Å². The van der Waals surface area contributed by atoms with Crippen LogP contribution in [0, 0.1) is 0 Å². The summed E-state index contributed by atoms with van der Waals surface area (Å²) in [7, 11) is 0. The Morgan fingerprint density at radius 2 is 2.00 bits per heavy atom. The zero-order valence-corrected chi connectivity index (χ0v) is 10.8. The predicted octanol–water partition coefficient (Wildman–Crippen LogP) is 1.34. The van der Waals surface area contributed by atoms with Crippen molar-refractivity contribution in [2.75, 3.05) is 49.1 Å². The van der Waals surface area contributed by atoms with Gasteiger partial charge in [-0.25, -0.2) is 4.98 Å². The first-order valence-electron chi connectivity index (χ1n) is 6.52. The van der Waals surface area contributed by atoms with Gasteiger partial charge in [0, 0.05) is 45.5 Å². The summed E-state index contributed by atoms with van der Waals surface area (Å²) in [4.78, 5) is 9.32. The highest BCUT2D eigenvalue weighted by molar-refractivity contribution is 5.67. The number of piperazine rings is 1. The van der Waals surface area contributed by atoms with E-state index in [1.807, 2.05) is 12.3 Å². The molecule has 1 N–H and O–H groups in total. The van der Waals surface area contributed by atoms with Crippen molar-refractivity contribution in [2.45, 2.75) is 13.8 Å². The molecule has 2 rings (SSSR count). The third kappa shape index (κ3) is 2.69. The Kier molecular flexibility index (Phi) is 4.20. The Labute approximate surface area is 104 Å². The molecule has 1 aliphatic rings. The fraction of sp³-hybridized carbons (Fsp3) is 0.615. The van der Waals surface area contributed by atoms with Crippen molar-refractivity contribution in [1.29, 1.82) is 0 Å². The molecule has 0 unspecified atom stereocenters. The van der Waals surface area contributed by atoms with Gasteiger partial charge in [0.25, 0.3) is 0 Å². The van der Waals surface area contributed by atoms with Gasteiger partial charge in [0.05, 0.1) is 5.69 Å². The molecule has 0 spiro atoms. The van der Waals surface area contributed by atoms with Crippen LogP contribution in [0.15, 0.2) is 18.3 Å². The normalized spacial score (nSPS) is 16.0. The van der Waals surface area contributed by atoms with Gasteiger partial charge in [0.15, 0.2) is 5.82 Å². The number of pyridine rings is 1. The van der Waals surface area contributed by atoms with Crippen LogP contribution in [0.25, 0.3) is 0 Å². The minimum Gasteiger partial charge on any atom is -0.369 e. The van der Waals surface area contributed by atoms with Crippen LogP contribution >= 0.6 is 0 Å². The fourth-order valence-electron chi connectivity index (χ4n) is 2.32. The van der Waals surface area contributed by atoms with E-state index in [2.05, 4.69) is 40.0 Å². The van der Waals surface area contributed by atoms with Crippen molar-refractivity contribution in [1.82, 2.24) is 10.3 Å². The monoisotopic (exact) mass is 234 g/mol. The minimum absolute atomic E-state index is 1.03. The number of aromatic nitrogens is 1. The zero-order chi connectivity index (χ0) is 12.1. The number of rotatable bonds is 4. The van der Waals surface area contributed by atoms with Crippen LogP contribution in [0.2, 0.25) is 0 Å². The molecule has 1 aromatic heterocycles. The molecule has 94 valence electrons. The lowest BCUT2D eigenvalue weighted by molar-refractivity contribution is 0.584. The molecule has 1 saturated heterocycles. The highest BCUT2D eigenvalue weighted by atomic mass is 15.3. The molecule has 0 aliphatic carbocycles. The summed E-state index contributed by atoms with van der Waals surface area (Å²) in [5.41, 5.74) is 1.26. The van der Waals surface area contributed by atoms with Gasteiger partial charge < -0.3 is 15.1 Å². The molecule has 2 heterocycles. The molecular weight excluding hydrogens is 212 g/mol. The zero-order valence-electron chi connectivity index (χ0n) is 10.8. The van der Waals surface area contributed by atoms with E-state index in [1.165, 1.54) is 5.69 Å². The first-order valence-corrected chi connectivity index (χ1v) is 6.52. The second kappa shape index (κ2) is 5.87. The summed E-state index contributed by atoms with van der Waals surface area (Å²) >= 11 is 0. The maximum absolute atomic E-state index is 4.58. The molecular formula is C13H22N4. The van der Waals surface area contributed by atoms with Crippen molar-refractivity contribution in [2.24, 2.45) is 0 Å². The first-order chi connectivity index (χ1) is 8.36. The van der Waals surface area contributed by atoms with Gasteiger partial charge in [0.1, 0.15) is 0 Å². The number of nitrogens with one attached hydrogen (secondary N) is 1. The van der Waals surface area contributed by atoms with E-state index in [0.29, 0.717) is 0 Å². The van der Waals surface area contributed by atoms with E-state index >= 15 is 0 Å². The molecule has 0 atom stereocenters. The Bertz CT molecular complexity index is 343. The number of hydrogen-bond donors (Lipinski definition) is 1. The molecule has 0 radical (unpaired) electrons. The maximum Gasteiger partial charge on any atom is 0.152 e. The number of nitrogens with zero attached hydrogens (tertiary/aromatic N) is 3. The standard InChI is InChI=1S/C13H22N4/c1-3-16(4-2)12-6-5-7-15-13(12)17-10-8-14-9-11-17/h5-7,14H,3-4,8-11H2,1-2H3. The van der Waals surface area contributed by atoms with Gasteiger partial charge in [-0.3, -0.25) is 0 Å².